The number of rotatable bonds is 5. The first-order valence-electron chi connectivity index (χ1n) is 9.29. The highest BCUT2D eigenvalue weighted by Crippen LogP contribution is 2.32. The van der Waals surface area contributed by atoms with E-state index in [9.17, 15) is 39.9 Å². The van der Waals surface area contributed by atoms with Crippen LogP contribution in [0.3, 0.4) is 0 Å². The Morgan fingerprint density at radius 2 is 1.72 bits per heavy atom. The molecule has 1 fully saturated rings. The van der Waals surface area contributed by atoms with Gasteiger partial charge in [-0.05, 0) is 36.6 Å². The summed E-state index contributed by atoms with van der Waals surface area (Å²) in [6, 6.07) is 3.98. The summed E-state index contributed by atoms with van der Waals surface area (Å²) in [6.45, 7) is 1.90. The van der Waals surface area contributed by atoms with E-state index in [1.54, 1.807) is 0 Å². The van der Waals surface area contributed by atoms with E-state index in [4.69, 9.17) is 0 Å². The van der Waals surface area contributed by atoms with Crippen molar-refractivity contribution < 1.29 is 39.9 Å². The predicted molar refractivity (Wildman–Crippen MR) is 104 cm³/mol. The Bertz CT molecular complexity index is 1130. The molecular formula is C20H18F6N2O3S. The Labute approximate surface area is 180 Å². The van der Waals surface area contributed by atoms with E-state index in [2.05, 4.69) is 11.9 Å². The predicted octanol–water partition coefficient (Wildman–Crippen LogP) is 4.11. The lowest BCUT2D eigenvalue weighted by atomic mass is 10.1. The van der Waals surface area contributed by atoms with E-state index in [1.165, 1.54) is 0 Å². The van der Waals surface area contributed by atoms with Gasteiger partial charge < -0.3 is 10.4 Å². The zero-order valence-electron chi connectivity index (χ0n) is 16.4. The average Bonchev–Trinajstić information content (AvgIpc) is 2.84. The van der Waals surface area contributed by atoms with Crippen molar-refractivity contribution in [3.8, 4) is 0 Å². The van der Waals surface area contributed by atoms with Crippen LogP contribution in [0, 0.1) is 23.3 Å². The second-order valence-corrected chi connectivity index (χ2v) is 9.17. The zero-order valence-corrected chi connectivity index (χ0v) is 17.2. The van der Waals surface area contributed by atoms with Crippen molar-refractivity contribution in [3.05, 3.63) is 65.7 Å². The lowest BCUT2D eigenvalue weighted by Crippen LogP contribution is -2.44. The Hall–Kier alpha value is -2.57. The Kier molecular flexibility index (Phi) is 6.59. The summed E-state index contributed by atoms with van der Waals surface area (Å²) < 4.78 is 109. The summed E-state index contributed by atoms with van der Waals surface area (Å²) in [5, 5.41) is 11.9. The number of sulfonamides is 1. The van der Waals surface area contributed by atoms with Gasteiger partial charge in [0.1, 0.15) is 16.8 Å². The van der Waals surface area contributed by atoms with E-state index in [0.717, 1.165) is 18.2 Å². The maximum atomic E-state index is 14.4. The number of nitrogens with one attached hydrogen (secondary N) is 1. The molecule has 32 heavy (non-hydrogen) atoms. The third-order valence-electron chi connectivity index (χ3n) is 4.94. The van der Waals surface area contributed by atoms with Crippen LogP contribution in [0.5, 0.6) is 0 Å². The molecule has 2 N–H and O–H groups in total. The third kappa shape index (κ3) is 4.76. The first kappa shape index (κ1) is 24.1. The number of anilines is 1. The SMILES string of the molecule is C=C(Nc1cc(F)c(F)c(F)c1)c1ccc(F)c(S(=O)(=O)N2CCCC(O)C(F)(F)C2)c1. The minimum Gasteiger partial charge on any atom is -0.387 e. The molecule has 174 valence electrons. The lowest BCUT2D eigenvalue weighted by Gasteiger charge is -2.25. The lowest BCUT2D eigenvalue weighted by molar-refractivity contribution is -0.109. The minimum atomic E-state index is -4.73. The fourth-order valence-electron chi connectivity index (χ4n) is 3.20. The normalized spacial score (nSPS) is 19.4. The van der Waals surface area contributed by atoms with Crippen molar-refractivity contribution in [2.75, 3.05) is 18.4 Å². The molecule has 0 bridgehead atoms. The van der Waals surface area contributed by atoms with Crippen molar-refractivity contribution in [1.29, 1.82) is 0 Å². The summed E-state index contributed by atoms with van der Waals surface area (Å²) in [6.07, 6.45) is -2.42. The fraction of sp³-hybridized carbons (Fsp3) is 0.300. The van der Waals surface area contributed by atoms with E-state index in [1.807, 2.05) is 0 Å². The van der Waals surface area contributed by atoms with E-state index in [-0.39, 0.29) is 36.3 Å². The largest absolute Gasteiger partial charge is 0.387 e. The Morgan fingerprint density at radius 3 is 2.34 bits per heavy atom. The summed E-state index contributed by atoms with van der Waals surface area (Å²) in [5.74, 6) is -9.58. The van der Waals surface area contributed by atoms with E-state index in [0.29, 0.717) is 16.4 Å². The molecule has 1 heterocycles. The Balaban J connectivity index is 1.92. The van der Waals surface area contributed by atoms with E-state index >= 15 is 0 Å². The van der Waals surface area contributed by atoms with Crippen molar-refractivity contribution >= 4 is 21.4 Å². The molecule has 5 nitrogen and oxygen atoms in total. The molecule has 1 saturated heterocycles. The maximum absolute atomic E-state index is 14.4. The van der Waals surface area contributed by atoms with Gasteiger partial charge in [-0.3, -0.25) is 0 Å². The van der Waals surface area contributed by atoms with Gasteiger partial charge in [0.05, 0.1) is 6.54 Å². The van der Waals surface area contributed by atoms with Crippen molar-refractivity contribution in [1.82, 2.24) is 4.31 Å². The van der Waals surface area contributed by atoms with Crippen LogP contribution in [0.4, 0.5) is 32.0 Å². The number of alkyl halides is 2. The van der Waals surface area contributed by atoms with Gasteiger partial charge in [-0.15, -0.1) is 0 Å². The number of halogens is 6. The van der Waals surface area contributed by atoms with Crippen LogP contribution in [-0.4, -0.2) is 42.9 Å². The number of nitrogens with zero attached hydrogens (tertiary/aromatic N) is 1. The van der Waals surface area contributed by atoms with Gasteiger partial charge in [0.2, 0.25) is 10.0 Å². The van der Waals surface area contributed by atoms with Crippen LogP contribution >= 0.6 is 0 Å². The monoisotopic (exact) mass is 480 g/mol. The molecule has 2 aromatic carbocycles. The molecule has 0 aliphatic carbocycles. The molecule has 0 aromatic heterocycles. The standard InChI is InChI=1S/C20H18F6N2O3S/c1-11(27-13-8-15(22)19(24)16(23)9-13)12-4-5-14(21)17(7-12)32(30,31)28-6-2-3-18(29)20(25,26)10-28/h4-5,7-9,18,27,29H,1-3,6,10H2. The Morgan fingerprint density at radius 1 is 1.09 bits per heavy atom. The van der Waals surface area contributed by atoms with Crippen LogP contribution in [0.15, 0.2) is 41.8 Å². The van der Waals surface area contributed by atoms with Crippen molar-refractivity contribution in [2.24, 2.45) is 0 Å². The van der Waals surface area contributed by atoms with Gasteiger partial charge in [0, 0.05) is 30.1 Å². The number of hydrogen-bond donors (Lipinski definition) is 2. The molecule has 0 saturated carbocycles. The van der Waals surface area contributed by atoms with Gasteiger partial charge in [-0.25, -0.2) is 34.8 Å². The van der Waals surface area contributed by atoms with Crippen LogP contribution in [0.1, 0.15) is 18.4 Å². The molecule has 1 atom stereocenters. The van der Waals surface area contributed by atoms with Gasteiger partial charge in [0.25, 0.3) is 5.92 Å². The average molecular weight is 480 g/mol. The highest BCUT2D eigenvalue weighted by molar-refractivity contribution is 7.89. The third-order valence-corrected chi connectivity index (χ3v) is 6.80. The van der Waals surface area contributed by atoms with Gasteiger partial charge in [0.15, 0.2) is 17.5 Å². The molecule has 2 aromatic rings. The maximum Gasteiger partial charge on any atom is 0.286 e. The number of hydrogen-bond acceptors (Lipinski definition) is 4. The highest BCUT2D eigenvalue weighted by atomic mass is 32.2. The summed E-state index contributed by atoms with van der Waals surface area (Å²) in [5.41, 5.74) is -0.401. The molecule has 0 amide bonds. The van der Waals surface area contributed by atoms with Gasteiger partial charge in [-0.2, -0.15) is 4.31 Å². The molecular weight excluding hydrogens is 462 g/mol. The smallest absolute Gasteiger partial charge is 0.286 e. The first-order valence-corrected chi connectivity index (χ1v) is 10.7. The molecule has 1 aliphatic rings. The van der Waals surface area contributed by atoms with Gasteiger partial charge >= 0.3 is 0 Å². The van der Waals surface area contributed by atoms with Crippen molar-refractivity contribution in [2.45, 2.75) is 29.8 Å². The summed E-state index contributed by atoms with van der Waals surface area (Å²) in [4.78, 5) is -0.915. The van der Waals surface area contributed by atoms with Crippen LogP contribution in [-0.2, 0) is 10.0 Å². The molecule has 3 rings (SSSR count). The minimum absolute atomic E-state index is 0.0308. The topological polar surface area (TPSA) is 69.6 Å². The number of aliphatic hydroxyl groups is 1. The van der Waals surface area contributed by atoms with Crippen LogP contribution < -0.4 is 5.32 Å². The molecule has 12 heteroatoms. The van der Waals surface area contributed by atoms with Crippen molar-refractivity contribution in [3.63, 3.8) is 0 Å². The highest BCUT2D eigenvalue weighted by Gasteiger charge is 2.45. The van der Waals surface area contributed by atoms with Crippen LogP contribution in [0.25, 0.3) is 5.70 Å². The number of aliphatic hydroxyl groups excluding tert-OH is 1. The molecule has 1 unspecified atom stereocenters. The summed E-state index contributed by atoms with van der Waals surface area (Å²) in [7, 11) is -4.73. The quantitative estimate of drug-likeness (QED) is 0.500. The number of benzene rings is 2. The van der Waals surface area contributed by atoms with Gasteiger partial charge in [-0.1, -0.05) is 6.58 Å². The summed E-state index contributed by atoms with van der Waals surface area (Å²) >= 11 is 0. The molecule has 0 spiro atoms. The fourth-order valence-corrected chi connectivity index (χ4v) is 4.78. The first-order chi connectivity index (χ1) is 14.8. The van der Waals surface area contributed by atoms with E-state index < -0.39 is 56.8 Å². The van der Waals surface area contributed by atoms with Crippen LogP contribution in [0.2, 0.25) is 0 Å². The second-order valence-electron chi connectivity index (χ2n) is 7.26. The second kappa shape index (κ2) is 8.75. The zero-order chi connectivity index (χ0) is 23.8. The molecule has 1 aliphatic heterocycles. The molecule has 0 radical (unpaired) electrons.